The standard InChI is InChI=1S/C14H12F3N3O3S/c1-7-5-8(3-4-9(7)12(18)21)10-6-11(14(15,16)17)20-13(19-10)24(2,22)23/h3-6H,1-2H3,(H2,18,21). The first-order valence-electron chi connectivity index (χ1n) is 6.47. The number of sulfone groups is 1. The zero-order valence-corrected chi connectivity index (χ0v) is 13.4. The maximum Gasteiger partial charge on any atom is 0.433 e. The van der Waals surface area contributed by atoms with Crippen LogP contribution in [-0.2, 0) is 16.0 Å². The summed E-state index contributed by atoms with van der Waals surface area (Å²) in [4.78, 5) is 18.0. The van der Waals surface area contributed by atoms with E-state index in [-0.39, 0.29) is 16.8 Å². The number of hydrogen-bond acceptors (Lipinski definition) is 5. The van der Waals surface area contributed by atoms with Crippen LogP contribution >= 0.6 is 0 Å². The lowest BCUT2D eigenvalue weighted by atomic mass is 10.0. The number of nitrogens with zero attached hydrogens (tertiary/aromatic N) is 2. The lowest BCUT2D eigenvalue weighted by molar-refractivity contribution is -0.141. The minimum absolute atomic E-state index is 0.201. The molecule has 10 heteroatoms. The van der Waals surface area contributed by atoms with E-state index in [0.29, 0.717) is 17.9 Å². The molecule has 0 bridgehead atoms. The van der Waals surface area contributed by atoms with Gasteiger partial charge >= 0.3 is 6.18 Å². The molecule has 1 aromatic carbocycles. The fourth-order valence-corrected chi connectivity index (χ4v) is 2.51. The highest BCUT2D eigenvalue weighted by atomic mass is 32.2. The Bertz CT molecular complexity index is 925. The van der Waals surface area contributed by atoms with Crippen LogP contribution in [-0.4, -0.2) is 30.5 Å². The van der Waals surface area contributed by atoms with Crippen LogP contribution < -0.4 is 5.73 Å². The first-order chi connectivity index (χ1) is 10.9. The maximum atomic E-state index is 13.0. The molecule has 2 rings (SSSR count). The molecule has 1 heterocycles. The Morgan fingerprint density at radius 2 is 1.79 bits per heavy atom. The molecular weight excluding hydrogens is 347 g/mol. The van der Waals surface area contributed by atoms with E-state index in [0.717, 1.165) is 0 Å². The molecule has 0 spiro atoms. The zero-order chi connectivity index (χ0) is 18.3. The summed E-state index contributed by atoms with van der Waals surface area (Å²) < 4.78 is 62.0. The van der Waals surface area contributed by atoms with E-state index in [2.05, 4.69) is 9.97 Å². The first-order valence-corrected chi connectivity index (χ1v) is 8.36. The molecule has 0 saturated carbocycles. The number of carbonyl (C=O) groups excluding carboxylic acids is 1. The maximum absolute atomic E-state index is 13.0. The number of aryl methyl sites for hydroxylation is 1. The smallest absolute Gasteiger partial charge is 0.366 e. The van der Waals surface area contributed by atoms with Gasteiger partial charge in [0.25, 0.3) is 0 Å². The van der Waals surface area contributed by atoms with Crippen molar-refractivity contribution >= 4 is 15.7 Å². The van der Waals surface area contributed by atoms with E-state index in [9.17, 15) is 26.4 Å². The van der Waals surface area contributed by atoms with Gasteiger partial charge in [-0.1, -0.05) is 6.07 Å². The largest absolute Gasteiger partial charge is 0.433 e. The number of amides is 1. The van der Waals surface area contributed by atoms with Gasteiger partial charge in [0, 0.05) is 17.4 Å². The van der Waals surface area contributed by atoms with Crippen LogP contribution in [0.3, 0.4) is 0 Å². The van der Waals surface area contributed by atoms with Crippen LogP contribution in [0.1, 0.15) is 21.6 Å². The third-order valence-corrected chi connectivity index (χ3v) is 3.96. The molecule has 2 aromatic rings. The SMILES string of the molecule is Cc1cc(-c2cc(C(F)(F)F)nc(S(C)(=O)=O)n2)ccc1C(N)=O. The number of nitrogens with two attached hydrogens (primary N) is 1. The van der Waals surface area contributed by atoms with Crippen LogP contribution in [0.2, 0.25) is 0 Å². The summed E-state index contributed by atoms with van der Waals surface area (Å²) in [5, 5.41) is -0.927. The van der Waals surface area contributed by atoms with Crippen LogP contribution in [0.25, 0.3) is 11.3 Å². The van der Waals surface area contributed by atoms with Crippen LogP contribution in [0.5, 0.6) is 0 Å². The minimum Gasteiger partial charge on any atom is -0.366 e. The van der Waals surface area contributed by atoms with Crippen molar-refractivity contribution in [1.29, 1.82) is 0 Å². The molecule has 1 amide bonds. The number of carbonyl (C=O) groups is 1. The normalized spacial score (nSPS) is 12.2. The molecule has 24 heavy (non-hydrogen) atoms. The molecule has 0 aliphatic heterocycles. The Balaban J connectivity index is 2.70. The van der Waals surface area contributed by atoms with Crippen molar-refractivity contribution in [1.82, 2.24) is 9.97 Å². The monoisotopic (exact) mass is 359 g/mol. The summed E-state index contributed by atoms with van der Waals surface area (Å²) in [7, 11) is -4.04. The number of aromatic nitrogens is 2. The van der Waals surface area contributed by atoms with Crippen molar-refractivity contribution in [2.24, 2.45) is 5.73 Å². The highest BCUT2D eigenvalue weighted by Gasteiger charge is 2.34. The summed E-state index contributed by atoms with van der Waals surface area (Å²) in [5.41, 5.74) is 4.41. The van der Waals surface area contributed by atoms with Gasteiger partial charge in [-0.3, -0.25) is 4.79 Å². The van der Waals surface area contributed by atoms with Gasteiger partial charge in [-0.25, -0.2) is 18.4 Å². The van der Waals surface area contributed by atoms with Crippen molar-refractivity contribution in [2.75, 3.05) is 6.26 Å². The highest BCUT2D eigenvalue weighted by molar-refractivity contribution is 7.90. The van der Waals surface area contributed by atoms with Crippen molar-refractivity contribution in [3.8, 4) is 11.3 Å². The number of hydrogen-bond donors (Lipinski definition) is 1. The van der Waals surface area contributed by atoms with Gasteiger partial charge in [0.15, 0.2) is 0 Å². The molecule has 2 N–H and O–H groups in total. The molecule has 0 saturated heterocycles. The molecule has 0 radical (unpaired) electrons. The lowest BCUT2D eigenvalue weighted by Gasteiger charge is -2.11. The quantitative estimate of drug-likeness (QED) is 0.844. The van der Waals surface area contributed by atoms with Crippen LogP contribution in [0.15, 0.2) is 29.4 Å². The number of alkyl halides is 3. The molecule has 6 nitrogen and oxygen atoms in total. The van der Waals surface area contributed by atoms with Gasteiger partial charge < -0.3 is 5.73 Å². The van der Waals surface area contributed by atoms with Crippen molar-refractivity contribution in [3.05, 3.63) is 41.1 Å². The minimum atomic E-state index is -4.83. The lowest BCUT2D eigenvalue weighted by Crippen LogP contribution is -2.14. The summed E-state index contributed by atoms with van der Waals surface area (Å²) in [6.45, 7) is 1.55. The van der Waals surface area contributed by atoms with E-state index in [1.54, 1.807) is 6.92 Å². The van der Waals surface area contributed by atoms with Crippen molar-refractivity contribution < 1.29 is 26.4 Å². The van der Waals surface area contributed by atoms with Gasteiger partial charge in [-0.2, -0.15) is 13.2 Å². The molecule has 0 aliphatic rings. The summed E-state index contributed by atoms with van der Waals surface area (Å²) in [6.07, 6.45) is -4.12. The second kappa shape index (κ2) is 5.86. The second-order valence-corrected chi connectivity index (χ2v) is 6.99. The number of benzene rings is 1. The predicted octanol–water partition coefficient (Wildman–Crippen LogP) is 1.97. The third kappa shape index (κ3) is 3.70. The van der Waals surface area contributed by atoms with E-state index < -0.39 is 32.8 Å². The Morgan fingerprint density at radius 1 is 1.17 bits per heavy atom. The third-order valence-electron chi connectivity index (χ3n) is 3.12. The Hall–Kier alpha value is -2.49. The van der Waals surface area contributed by atoms with Gasteiger partial charge in [-0.05, 0) is 30.7 Å². The van der Waals surface area contributed by atoms with E-state index >= 15 is 0 Å². The first kappa shape index (κ1) is 17.9. The fourth-order valence-electron chi connectivity index (χ4n) is 1.98. The number of halogens is 3. The number of primary amides is 1. The molecule has 0 aliphatic carbocycles. The van der Waals surface area contributed by atoms with Crippen molar-refractivity contribution in [2.45, 2.75) is 18.3 Å². The van der Waals surface area contributed by atoms with Crippen LogP contribution in [0, 0.1) is 6.92 Å². The zero-order valence-electron chi connectivity index (χ0n) is 12.5. The molecule has 0 fully saturated rings. The topological polar surface area (TPSA) is 103 Å². The van der Waals surface area contributed by atoms with Gasteiger partial charge in [-0.15, -0.1) is 0 Å². The summed E-state index contributed by atoms with van der Waals surface area (Å²) in [5.74, 6) is -0.686. The highest BCUT2D eigenvalue weighted by Crippen LogP contribution is 2.31. The van der Waals surface area contributed by atoms with E-state index in [1.165, 1.54) is 18.2 Å². The molecule has 0 atom stereocenters. The Kier molecular flexibility index (Phi) is 4.36. The molecule has 128 valence electrons. The van der Waals surface area contributed by atoms with E-state index in [4.69, 9.17) is 5.73 Å². The Labute approximate surface area is 135 Å². The van der Waals surface area contributed by atoms with Crippen LogP contribution in [0.4, 0.5) is 13.2 Å². The molecule has 1 aromatic heterocycles. The van der Waals surface area contributed by atoms with E-state index in [1.807, 2.05) is 0 Å². The molecule has 0 unspecified atom stereocenters. The fraction of sp³-hybridized carbons (Fsp3) is 0.214. The predicted molar refractivity (Wildman–Crippen MR) is 78.8 cm³/mol. The van der Waals surface area contributed by atoms with Gasteiger partial charge in [0.05, 0.1) is 5.69 Å². The van der Waals surface area contributed by atoms with Gasteiger partial charge in [0.2, 0.25) is 20.9 Å². The van der Waals surface area contributed by atoms with Crippen molar-refractivity contribution in [3.63, 3.8) is 0 Å². The summed E-state index contributed by atoms with van der Waals surface area (Å²) in [6, 6.07) is 4.71. The second-order valence-electron chi connectivity index (χ2n) is 5.08. The van der Waals surface area contributed by atoms with Gasteiger partial charge in [0.1, 0.15) is 5.69 Å². The Morgan fingerprint density at radius 3 is 2.25 bits per heavy atom. The molecular formula is C14H12F3N3O3S. The number of rotatable bonds is 3. The summed E-state index contributed by atoms with van der Waals surface area (Å²) >= 11 is 0. The average molecular weight is 359 g/mol. The average Bonchev–Trinajstić information content (AvgIpc) is 2.44.